The molecule has 0 atom stereocenters. The lowest BCUT2D eigenvalue weighted by Gasteiger charge is -2.07. The Balaban J connectivity index is 2.20. The van der Waals surface area contributed by atoms with Gasteiger partial charge in [0, 0.05) is 10.0 Å². The van der Waals surface area contributed by atoms with Crippen molar-refractivity contribution in [2.45, 2.75) is 0 Å². The smallest absolute Gasteiger partial charge is 0.291 e. The first-order valence-electron chi connectivity index (χ1n) is 5.35. The van der Waals surface area contributed by atoms with Gasteiger partial charge in [0.1, 0.15) is 0 Å². The zero-order valence-electron chi connectivity index (χ0n) is 9.93. The number of amidine groups is 1. The molecule has 104 valence electrons. The molecule has 0 fully saturated rings. The zero-order chi connectivity index (χ0) is 14.7. The number of amides is 1. The third-order valence-electron chi connectivity index (χ3n) is 2.42. The van der Waals surface area contributed by atoms with Crippen molar-refractivity contribution in [1.29, 1.82) is 0 Å². The van der Waals surface area contributed by atoms with Gasteiger partial charge in [-0.3, -0.25) is 4.79 Å². The van der Waals surface area contributed by atoms with Crippen molar-refractivity contribution in [2.75, 3.05) is 5.32 Å². The molecule has 0 aliphatic heterocycles. The van der Waals surface area contributed by atoms with Crippen LogP contribution in [0.1, 0.15) is 16.1 Å². The Bertz CT molecular complexity index is 682. The SMILES string of the molecule is N/C(=N/O)c1ccc(NC(=O)c2ccc(Br)o2)c(Br)c1. The van der Waals surface area contributed by atoms with E-state index in [1.54, 1.807) is 30.3 Å². The Morgan fingerprint density at radius 3 is 2.60 bits per heavy atom. The summed E-state index contributed by atoms with van der Waals surface area (Å²) in [5.41, 5.74) is 6.54. The monoisotopic (exact) mass is 401 g/mol. The van der Waals surface area contributed by atoms with E-state index in [-0.39, 0.29) is 17.5 Å². The van der Waals surface area contributed by atoms with Crippen molar-refractivity contribution in [3.63, 3.8) is 0 Å². The molecule has 1 amide bonds. The van der Waals surface area contributed by atoms with E-state index in [0.29, 0.717) is 20.4 Å². The molecule has 0 aliphatic carbocycles. The average molecular weight is 403 g/mol. The van der Waals surface area contributed by atoms with Gasteiger partial charge in [-0.25, -0.2) is 0 Å². The fourth-order valence-corrected chi connectivity index (χ4v) is 2.24. The van der Waals surface area contributed by atoms with Crippen LogP contribution in [0.5, 0.6) is 0 Å². The summed E-state index contributed by atoms with van der Waals surface area (Å²) in [5, 5.41) is 14.2. The largest absolute Gasteiger partial charge is 0.444 e. The summed E-state index contributed by atoms with van der Waals surface area (Å²) in [6.45, 7) is 0. The van der Waals surface area contributed by atoms with Gasteiger partial charge < -0.3 is 20.7 Å². The van der Waals surface area contributed by atoms with Crippen LogP contribution in [0, 0.1) is 0 Å². The predicted molar refractivity (Wildman–Crippen MR) is 81.0 cm³/mol. The number of hydrogen-bond acceptors (Lipinski definition) is 4. The third kappa shape index (κ3) is 3.20. The average Bonchev–Trinajstić information content (AvgIpc) is 2.86. The van der Waals surface area contributed by atoms with E-state index in [9.17, 15) is 4.79 Å². The number of halogens is 2. The molecule has 2 aromatic rings. The molecule has 0 bridgehead atoms. The standard InChI is InChI=1S/C12H9Br2N3O3/c13-7-5-6(11(15)17-19)1-2-8(7)16-12(18)9-3-4-10(14)20-9/h1-5,19H,(H2,15,17)(H,16,18). The maximum absolute atomic E-state index is 11.9. The summed E-state index contributed by atoms with van der Waals surface area (Å²) in [5.74, 6) is -0.212. The number of rotatable bonds is 3. The van der Waals surface area contributed by atoms with E-state index >= 15 is 0 Å². The molecule has 1 aromatic heterocycles. The first-order chi connectivity index (χ1) is 9.51. The topological polar surface area (TPSA) is 101 Å². The first kappa shape index (κ1) is 14.6. The van der Waals surface area contributed by atoms with Crippen LogP contribution in [0.25, 0.3) is 0 Å². The second kappa shape index (κ2) is 6.10. The fourth-order valence-electron chi connectivity index (χ4n) is 1.45. The van der Waals surface area contributed by atoms with Crippen molar-refractivity contribution >= 4 is 49.3 Å². The van der Waals surface area contributed by atoms with E-state index in [4.69, 9.17) is 15.4 Å². The van der Waals surface area contributed by atoms with Crippen molar-refractivity contribution in [3.05, 3.63) is 50.8 Å². The maximum atomic E-state index is 11.9. The highest BCUT2D eigenvalue weighted by Gasteiger charge is 2.13. The van der Waals surface area contributed by atoms with Gasteiger partial charge in [-0.15, -0.1) is 0 Å². The Kier molecular flexibility index (Phi) is 4.46. The highest BCUT2D eigenvalue weighted by molar-refractivity contribution is 9.10. The lowest BCUT2D eigenvalue weighted by atomic mass is 10.2. The highest BCUT2D eigenvalue weighted by atomic mass is 79.9. The molecule has 20 heavy (non-hydrogen) atoms. The molecule has 0 unspecified atom stereocenters. The summed E-state index contributed by atoms with van der Waals surface area (Å²) in [6.07, 6.45) is 0. The molecule has 1 aromatic carbocycles. The normalized spacial score (nSPS) is 11.4. The van der Waals surface area contributed by atoms with E-state index in [2.05, 4.69) is 42.3 Å². The van der Waals surface area contributed by atoms with Gasteiger partial charge in [-0.05, 0) is 62.2 Å². The number of anilines is 1. The van der Waals surface area contributed by atoms with Gasteiger partial charge >= 0.3 is 0 Å². The summed E-state index contributed by atoms with van der Waals surface area (Å²) >= 11 is 6.43. The second-order valence-electron chi connectivity index (χ2n) is 3.74. The number of carbonyl (C=O) groups excluding carboxylic acids is 1. The zero-order valence-corrected chi connectivity index (χ0v) is 13.1. The Hall–Kier alpha value is -1.80. The minimum Gasteiger partial charge on any atom is -0.444 e. The number of nitrogens with one attached hydrogen (secondary N) is 1. The molecule has 4 N–H and O–H groups in total. The molecule has 2 rings (SSSR count). The van der Waals surface area contributed by atoms with Crippen molar-refractivity contribution in [2.24, 2.45) is 10.9 Å². The van der Waals surface area contributed by atoms with Crippen LogP contribution in [0.15, 0.2) is 49.0 Å². The molecule has 6 nitrogen and oxygen atoms in total. The van der Waals surface area contributed by atoms with Crippen molar-refractivity contribution in [3.8, 4) is 0 Å². The van der Waals surface area contributed by atoms with Gasteiger partial charge in [0.15, 0.2) is 16.3 Å². The van der Waals surface area contributed by atoms with Gasteiger partial charge in [0.2, 0.25) is 0 Å². The van der Waals surface area contributed by atoms with E-state index < -0.39 is 0 Å². The summed E-state index contributed by atoms with van der Waals surface area (Å²) < 4.78 is 6.23. The molecule has 0 aliphatic rings. The Morgan fingerprint density at radius 1 is 1.30 bits per heavy atom. The number of furan rings is 1. The van der Waals surface area contributed by atoms with E-state index in [1.165, 1.54) is 0 Å². The number of nitrogens with two attached hydrogens (primary N) is 1. The van der Waals surface area contributed by atoms with Gasteiger partial charge in [-0.2, -0.15) is 0 Å². The molecule has 0 saturated heterocycles. The fraction of sp³-hybridized carbons (Fsp3) is 0. The maximum Gasteiger partial charge on any atom is 0.291 e. The van der Waals surface area contributed by atoms with Crippen molar-refractivity contribution < 1.29 is 14.4 Å². The first-order valence-corrected chi connectivity index (χ1v) is 6.94. The number of benzene rings is 1. The number of nitrogens with zero attached hydrogens (tertiary/aromatic N) is 1. The molecule has 0 spiro atoms. The second-order valence-corrected chi connectivity index (χ2v) is 5.37. The molecular formula is C12H9Br2N3O3. The predicted octanol–water partition coefficient (Wildman–Crippen LogP) is 3.15. The number of oxime groups is 1. The minimum absolute atomic E-state index is 0.0152. The summed E-state index contributed by atoms with van der Waals surface area (Å²) in [4.78, 5) is 11.9. The Morgan fingerprint density at radius 2 is 2.05 bits per heavy atom. The van der Waals surface area contributed by atoms with E-state index in [0.717, 1.165) is 0 Å². The Labute approximate surface area is 130 Å². The van der Waals surface area contributed by atoms with Crippen molar-refractivity contribution in [1.82, 2.24) is 0 Å². The van der Waals surface area contributed by atoms with Crippen LogP contribution in [-0.2, 0) is 0 Å². The van der Waals surface area contributed by atoms with E-state index in [1.807, 2.05) is 0 Å². The molecule has 1 heterocycles. The molecule has 0 radical (unpaired) electrons. The van der Waals surface area contributed by atoms with Gasteiger partial charge in [0.25, 0.3) is 5.91 Å². The summed E-state index contributed by atoms with van der Waals surface area (Å²) in [6, 6.07) is 8.06. The van der Waals surface area contributed by atoms with Crippen LogP contribution < -0.4 is 11.1 Å². The van der Waals surface area contributed by atoms with Gasteiger partial charge in [-0.1, -0.05) is 5.16 Å². The molecular weight excluding hydrogens is 394 g/mol. The lowest BCUT2D eigenvalue weighted by molar-refractivity contribution is 0.0995. The van der Waals surface area contributed by atoms with Crippen LogP contribution in [0.2, 0.25) is 0 Å². The third-order valence-corrected chi connectivity index (χ3v) is 3.50. The van der Waals surface area contributed by atoms with Crippen LogP contribution >= 0.6 is 31.9 Å². The van der Waals surface area contributed by atoms with Gasteiger partial charge in [0.05, 0.1) is 5.69 Å². The minimum atomic E-state index is -0.382. The summed E-state index contributed by atoms with van der Waals surface area (Å²) in [7, 11) is 0. The van der Waals surface area contributed by atoms with Crippen LogP contribution in [-0.4, -0.2) is 17.0 Å². The van der Waals surface area contributed by atoms with Crippen LogP contribution in [0.3, 0.4) is 0 Å². The highest BCUT2D eigenvalue weighted by Crippen LogP contribution is 2.25. The molecule has 8 heteroatoms. The number of carbonyl (C=O) groups is 1. The number of hydrogen-bond donors (Lipinski definition) is 3. The quantitative estimate of drug-likeness (QED) is 0.317. The van der Waals surface area contributed by atoms with Crippen LogP contribution in [0.4, 0.5) is 5.69 Å². The lowest BCUT2D eigenvalue weighted by Crippen LogP contribution is -2.14. The molecule has 0 saturated carbocycles.